The van der Waals surface area contributed by atoms with Gasteiger partial charge in [-0.1, -0.05) is 74.9 Å². The Morgan fingerprint density at radius 1 is 0.696 bits per heavy atom. The maximum Gasteiger partial charge on any atom is 0.243 e. The summed E-state index contributed by atoms with van der Waals surface area (Å²) < 4.78 is 0. The van der Waals surface area contributed by atoms with Gasteiger partial charge in [-0.05, 0) is 103 Å². The van der Waals surface area contributed by atoms with Crippen LogP contribution in [0.1, 0.15) is 111 Å². The highest BCUT2D eigenvalue weighted by Gasteiger charge is 2.37. The molecular formula is C42H67N7O7. The van der Waals surface area contributed by atoms with Gasteiger partial charge in [0.2, 0.25) is 23.6 Å². The van der Waals surface area contributed by atoms with Crippen molar-refractivity contribution in [2.75, 3.05) is 6.54 Å². The van der Waals surface area contributed by atoms with Crippen LogP contribution in [0.3, 0.4) is 0 Å². The third-order valence-corrected chi connectivity index (χ3v) is 9.95. The van der Waals surface area contributed by atoms with E-state index in [-0.39, 0.29) is 24.8 Å². The van der Waals surface area contributed by atoms with E-state index < -0.39 is 52.5 Å². The van der Waals surface area contributed by atoms with Gasteiger partial charge in [0.25, 0.3) is 0 Å². The van der Waals surface area contributed by atoms with Crippen molar-refractivity contribution in [1.82, 2.24) is 21.3 Å². The maximum atomic E-state index is 13.8. The second-order valence-electron chi connectivity index (χ2n) is 15.3. The zero-order valence-electron chi connectivity index (χ0n) is 34.0. The molecule has 7 atom stereocenters. The number of hydrogen-bond acceptors (Lipinski definition) is 10. The number of nitrogens with one attached hydrogen (secondary N) is 4. The number of amides is 4. The monoisotopic (exact) mass is 782 g/mol. The van der Waals surface area contributed by atoms with E-state index in [0.717, 1.165) is 11.8 Å². The van der Waals surface area contributed by atoms with E-state index in [9.17, 15) is 33.6 Å². The molecule has 0 radical (unpaired) electrons. The Hall–Kier alpha value is -4.53. The van der Waals surface area contributed by atoms with Gasteiger partial charge in [-0.25, -0.2) is 0 Å². The molecule has 0 aliphatic rings. The molecule has 0 bridgehead atoms. The maximum absolute atomic E-state index is 13.8. The molecule has 10 N–H and O–H groups in total. The predicted molar refractivity (Wildman–Crippen MR) is 219 cm³/mol. The molecule has 0 spiro atoms. The van der Waals surface area contributed by atoms with Crippen LogP contribution in [-0.2, 0) is 40.0 Å². The molecule has 1 aromatic rings. The van der Waals surface area contributed by atoms with Gasteiger partial charge in [0, 0.05) is 0 Å². The van der Waals surface area contributed by atoms with Crippen molar-refractivity contribution in [3.63, 3.8) is 0 Å². The largest absolute Gasteiger partial charge is 0.348 e. The fraction of sp³-hybridized carbons (Fsp3) is 0.595. The van der Waals surface area contributed by atoms with Crippen LogP contribution in [0.4, 0.5) is 0 Å². The molecule has 0 fully saturated rings. The Labute approximate surface area is 333 Å². The molecule has 4 amide bonds. The van der Waals surface area contributed by atoms with Gasteiger partial charge in [0.15, 0.2) is 0 Å². The van der Waals surface area contributed by atoms with E-state index in [1.54, 1.807) is 20.8 Å². The Bertz CT molecular complexity index is 1460. The zero-order valence-corrected chi connectivity index (χ0v) is 34.0. The first-order valence-corrected chi connectivity index (χ1v) is 19.7. The van der Waals surface area contributed by atoms with Crippen molar-refractivity contribution in [2.24, 2.45) is 23.1 Å². The summed E-state index contributed by atoms with van der Waals surface area (Å²) in [4.78, 5) is 85.4. The first kappa shape index (κ1) is 49.5. The first-order valence-electron chi connectivity index (χ1n) is 19.7. The minimum absolute atomic E-state index is 0.167. The van der Waals surface area contributed by atoms with E-state index in [1.165, 1.54) is 0 Å². The summed E-state index contributed by atoms with van der Waals surface area (Å²) in [5.74, 6) is -1.93. The third-order valence-electron chi connectivity index (χ3n) is 9.95. The molecule has 312 valence electrons. The molecule has 14 heteroatoms. The van der Waals surface area contributed by atoms with E-state index >= 15 is 0 Å². The molecule has 1 aromatic carbocycles. The molecule has 1 rings (SSSR count). The van der Waals surface area contributed by atoms with Crippen LogP contribution >= 0.6 is 0 Å². The van der Waals surface area contributed by atoms with Gasteiger partial charge in [-0.3, -0.25) is 19.2 Å². The van der Waals surface area contributed by atoms with E-state index in [0.29, 0.717) is 83.2 Å². The van der Waals surface area contributed by atoms with Crippen molar-refractivity contribution in [2.45, 2.75) is 146 Å². The van der Waals surface area contributed by atoms with Crippen molar-refractivity contribution >= 4 is 42.5 Å². The van der Waals surface area contributed by atoms with Crippen molar-refractivity contribution in [1.29, 1.82) is 0 Å². The lowest BCUT2D eigenvalue weighted by Crippen LogP contribution is -2.60. The Morgan fingerprint density at radius 3 is 1.82 bits per heavy atom. The fourth-order valence-electron chi connectivity index (χ4n) is 5.88. The van der Waals surface area contributed by atoms with Crippen molar-refractivity contribution < 1.29 is 33.6 Å². The number of nitrogens with two attached hydrogens (primary N) is 3. The number of unbranched alkanes of at least 4 members (excludes halogenated alkanes) is 2. The lowest BCUT2D eigenvalue weighted by molar-refractivity contribution is -0.133. The molecule has 0 unspecified atom stereocenters. The topological polar surface area (TPSA) is 246 Å². The van der Waals surface area contributed by atoms with Crippen LogP contribution in [0, 0.1) is 5.92 Å². The van der Waals surface area contributed by atoms with Crippen LogP contribution in [0.2, 0.25) is 0 Å². The summed E-state index contributed by atoms with van der Waals surface area (Å²) in [6.07, 6.45) is 15.5. The van der Waals surface area contributed by atoms with Crippen molar-refractivity contribution in [3.05, 3.63) is 60.2 Å². The summed E-state index contributed by atoms with van der Waals surface area (Å²) in [5, 5.41) is 10.7. The SMILES string of the molecule is CC[C@H](C)[C@H](NC(=O)[C@](N)(CC/C=C\CC[C@@](C)(N)C(=O)N[C@@H](C)C=O)CCC/C=C\CCC[C@](C)(N)C(=O)N[C@H](C=O)Cc1ccccc1)C(=O)NCC=O. The standard InChI is InChI=1S/C42H67N7O7/c1-6-31(2)35(36(53)46-26-27-50)49-39(56)42(45,25-19-12-11-17-22-40(4,43)37(54)47-32(3)29-51)24-18-10-8-7-9-16-23-41(5,44)38(55)48-34(30-52)28-33-20-14-13-15-21-33/h7-8,11-15,20-21,27,29-32,34-35H,6,9-10,16-19,22-26,28,43-45H2,1-5H3,(H,46,53)(H,47,54)(H,48,55)(H,49,56)/b8-7-,12-11-/t31-,32-,34-,35-,40+,41-,42+/m0/s1. The lowest BCUT2D eigenvalue weighted by atomic mass is 9.86. The smallest absolute Gasteiger partial charge is 0.243 e. The fourth-order valence-corrected chi connectivity index (χ4v) is 5.88. The Balaban J connectivity index is 2.82. The summed E-state index contributed by atoms with van der Waals surface area (Å²) in [6, 6.07) is 7.24. The van der Waals surface area contributed by atoms with Gasteiger partial charge in [-0.15, -0.1) is 0 Å². The van der Waals surface area contributed by atoms with Crippen LogP contribution in [0.15, 0.2) is 54.6 Å². The van der Waals surface area contributed by atoms with Gasteiger partial charge in [0.1, 0.15) is 24.9 Å². The average Bonchev–Trinajstić information content (AvgIpc) is 3.17. The molecule has 0 saturated carbocycles. The number of carbonyl (C=O) groups is 7. The first-order chi connectivity index (χ1) is 26.5. The van der Waals surface area contributed by atoms with Gasteiger partial charge in [0.05, 0.1) is 35.2 Å². The van der Waals surface area contributed by atoms with Gasteiger partial charge in [-0.2, -0.15) is 0 Å². The van der Waals surface area contributed by atoms with Crippen molar-refractivity contribution in [3.8, 4) is 0 Å². The van der Waals surface area contributed by atoms with Crippen LogP contribution in [0.25, 0.3) is 0 Å². The summed E-state index contributed by atoms with van der Waals surface area (Å²) in [7, 11) is 0. The van der Waals surface area contributed by atoms with Crippen LogP contribution in [-0.4, -0.2) is 83.8 Å². The van der Waals surface area contributed by atoms with Crippen LogP contribution in [0.5, 0.6) is 0 Å². The molecule has 56 heavy (non-hydrogen) atoms. The zero-order chi connectivity index (χ0) is 42.2. The molecule has 0 heterocycles. The van der Waals surface area contributed by atoms with Crippen LogP contribution < -0.4 is 38.5 Å². The van der Waals surface area contributed by atoms with E-state index in [2.05, 4.69) is 21.3 Å². The Morgan fingerprint density at radius 2 is 1.25 bits per heavy atom. The number of carbonyl (C=O) groups excluding carboxylic acids is 7. The molecular weight excluding hydrogens is 715 g/mol. The van der Waals surface area contributed by atoms with Gasteiger partial charge < -0.3 is 52.9 Å². The lowest BCUT2D eigenvalue weighted by Gasteiger charge is -2.32. The molecule has 0 aromatic heterocycles. The minimum Gasteiger partial charge on any atom is -0.348 e. The highest BCUT2D eigenvalue weighted by Crippen LogP contribution is 2.22. The summed E-state index contributed by atoms with van der Waals surface area (Å²) >= 11 is 0. The third kappa shape index (κ3) is 18.4. The average molecular weight is 782 g/mol. The van der Waals surface area contributed by atoms with E-state index in [1.807, 2.05) is 68.5 Å². The Kier molecular flexibility index (Phi) is 22.6. The molecule has 0 saturated heterocycles. The molecule has 14 nitrogen and oxygen atoms in total. The molecule has 0 aliphatic heterocycles. The number of aldehydes is 3. The second-order valence-corrected chi connectivity index (χ2v) is 15.3. The quantitative estimate of drug-likeness (QED) is 0.0356. The number of benzene rings is 1. The number of rotatable bonds is 29. The summed E-state index contributed by atoms with van der Waals surface area (Å²) in [5.41, 5.74) is 16.6. The normalized spacial score (nSPS) is 16.9. The second kappa shape index (κ2) is 25.6. The predicted octanol–water partition coefficient (Wildman–Crippen LogP) is 2.61. The minimum atomic E-state index is -1.31. The number of hydrogen-bond donors (Lipinski definition) is 7. The highest BCUT2D eigenvalue weighted by molar-refractivity contribution is 5.92. The van der Waals surface area contributed by atoms with Gasteiger partial charge >= 0.3 is 0 Å². The van der Waals surface area contributed by atoms with E-state index in [4.69, 9.17) is 17.2 Å². The molecule has 0 aliphatic carbocycles. The number of allylic oxidation sites excluding steroid dienone is 4. The highest BCUT2D eigenvalue weighted by atomic mass is 16.2. The summed E-state index contributed by atoms with van der Waals surface area (Å²) in [6.45, 7) is 8.40.